The lowest BCUT2D eigenvalue weighted by Gasteiger charge is -2.11. The van der Waals surface area contributed by atoms with Crippen molar-refractivity contribution in [2.24, 2.45) is 4.99 Å². The van der Waals surface area contributed by atoms with Crippen molar-refractivity contribution < 1.29 is 4.74 Å². The van der Waals surface area contributed by atoms with Gasteiger partial charge in [-0.15, -0.1) is 0 Å². The highest BCUT2D eigenvalue weighted by molar-refractivity contribution is 6.30. The number of benzene rings is 1. The zero-order chi connectivity index (χ0) is 17.2. The van der Waals surface area contributed by atoms with Crippen molar-refractivity contribution in [3.63, 3.8) is 0 Å². The molecule has 128 valence electrons. The molecule has 2 aromatic rings. The maximum atomic E-state index is 5.90. The summed E-state index contributed by atoms with van der Waals surface area (Å²) in [5, 5.41) is 7.35. The van der Waals surface area contributed by atoms with Crippen LogP contribution in [-0.2, 0) is 13.0 Å². The predicted octanol–water partition coefficient (Wildman–Crippen LogP) is 3.04. The fourth-order valence-electron chi connectivity index (χ4n) is 2.15. The molecule has 6 heteroatoms. The number of nitrogens with zero attached hydrogens (tertiary/aromatic N) is 2. The third-order valence-electron chi connectivity index (χ3n) is 3.39. The second-order valence-electron chi connectivity index (χ2n) is 5.20. The Morgan fingerprint density at radius 3 is 2.67 bits per heavy atom. The van der Waals surface area contributed by atoms with Gasteiger partial charge in [0.15, 0.2) is 5.96 Å². The van der Waals surface area contributed by atoms with Crippen LogP contribution >= 0.6 is 11.6 Å². The first-order valence-corrected chi connectivity index (χ1v) is 8.34. The number of halogens is 1. The Kier molecular flexibility index (Phi) is 7.36. The Hall–Kier alpha value is -2.27. The largest absolute Gasteiger partial charge is 0.481 e. The van der Waals surface area contributed by atoms with Crippen LogP contribution in [0.5, 0.6) is 5.88 Å². The molecule has 0 aliphatic heterocycles. The van der Waals surface area contributed by atoms with Crippen LogP contribution in [0.2, 0.25) is 5.02 Å². The molecule has 0 aliphatic carbocycles. The molecule has 0 atom stereocenters. The van der Waals surface area contributed by atoms with E-state index in [9.17, 15) is 0 Å². The highest BCUT2D eigenvalue weighted by Crippen LogP contribution is 2.10. The van der Waals surface area contributed by atoms with Gasteiger partial charge in [-0.1, -0.05) is 23.7 Å². The molecule has 0 unspecified atom stereocenters. The number of aliphatic imine (C=N–C) groups is 1. The molecule has 1 aromatic carbocycles. The van der Waals surface area contributed by atoms with Gasteiger partial charge in [-0.2, -0.15) is 0 Å². The molecule has 24 heavy (non-hydrogen) atoms. The number of nitrogens with one attached hydrogen (secondary N) is 2. The van der Waals surface area contributed by atoms with Crippen LogP contribution in [-0.4, -0.2) is 31.1 Å². The van der Waals surface area contributed by atoms with Gasteiger partial charge in [-0.3, -0.25) is 0 Å². The number of aromatic nitrogens is 1. The van der Waals surface area contributed by atoms with E-state index in [1.807, 2.05) is 43.3 Å². The summed E-state index contributed by atoms with van der Waals surface area (Å²) in [5.41, 5.74) is 2.29. The van der Waals surface area contributed by atoms with Crippen molar-refractivity contribution in [2.75, 3.05) is 20.2 Å². The van der Waals surface area contributed by atoms with E-state index < -0.39 is 0 Å². The Morgan fingerprint density at radius 1 is 1.17 bits per heavy atom. The minimum atomic E-state index is 0.565. The molecular weight excluding hydrogens is 324 g/mol. The van der Waals surface area contributed by atoms with Crippen LogP contribution in [0.15, 0.2) is 47.6 Å². The van der Waals surface area contributed by atoms with Gasteiger partial charge >= 0.3 is 0 Å². The van der Waals surface area contributed by atoms with Crippen molar-refractivity contribution in [3.8, 4) is 5.88 Å². The minimum absolute atomic E-state index is 0.565. The van der Waals surface area contributed by atoms with Crippen LogP contribution in [0.1, 0.15) is 18.1 Å². The van der Waals surface area contributed by atoms with Crippen LogP contribution < -0.4 is 15.4 Å². The SMILES string of the molecule is CCNC(=NCc1ccnc(OC)c1)NCCc1ccc(Cl)cc1. The molecule has 0 amide bonds. The average molecular weight is 347 g/mol. The second-order valence-corrected chi connectivity index (χ2v) is 5.64. The summed E-state index contributed by atoms with van der Waals surface area (Å²) < 4.78 is 5.13. The lowest BCUT2D eigenvalue weighted by Crippen LogP contribution is -2.38. The lowest BCUT2D eigenvalue weighted by molar-refractivity contribution is 0.397. The quantitative estimate of drug-likeness (QED) is 0.597. The Morgan fingerprint density at radius 2 is 1.96 bits per heavy atom. The summed E-state index contributed by atoms with van der Waals surface area (Å²) in [7, 11) is 1.61. The van der Waals surface area contributed by atoms with Crippen LogP contribution in [0.4, 0.5) is 0 Å². The zero-order valence-corrected chi connectivity index (χ0v) is 14.8. The molecule has 5 nitrogen and oxygen atoms in total. The lowest BCUT2D eigenvalue weighted by atomic mass is 10.1. The van der Waals surface area contributed by atoms with Crippen LogP contribution in [0, 0.1) is 0 Å². The average Bonchev–Trinajstić information content (AvgIpc) is 2.61. The fourth-order valence-corrected chi connectivity index (χ4v) is 2.27. The normalized spacial score (nSPS) is 11.2. The molecule has 0 radical (unpaired) electrons. The van der Waals surface area contributed by atoms with Gasteiger partial charge in [-0.25, -0.2) is 9.98 Å². The first-order chi connectivity index (χ1) is 11.7. The van der Waals surface area contributed by atoms with E-state index in [-0.39, 0.29) is 0 Å². The first-order valence-electron chi connectivity index (χ1n) is 7.97. The van der Waals surface area contributed by atoms with E-state index in [1.165, 1.54) is 5.56 Å². The molecular formula is C18H23ClN4O. The third kappa shape index (κ3) is 6.08. The molecule has 0 saturated carbocycles. The molecule has 2 N–H and O–H groups in total. The Labute approximate surface area is 148 Å². The maximum Gasteiger partial charge on any atom is 0.213 e. The van der Waals surface area contributed by atoms with Crippen molar-refractivity contribution in [2.45, 2.75) is 19.9 Å². The Balaban J connectivity index is 1.88. The van der Waals surface area contributed by atoms with E-state index in [2.05, 4.69) is 20.6 Å². The minimum Gasteiger partial charge on any atom is -0.481 e. The summed E-state index contributed by atoms with van der Waals surface area (Å²) in [6.07, 6.45) is 2.63. The monoisotopic (exact) mass is 346 g/mol. The van der Waals surface area contributed by atoms with Crippen LogP contribution in [0.3, 0.4) is 0 Å². The predicted molar refractivity (Wildman–Crippen MR) is 98.8 cm³/mol. The molecule has 0 bridgehead atoms. The highest BCUT2D eigenvalue weighted by Gasteiger charge is 2.00. The van der Waals surface area contributed by atoms with Crippen molar-refractivity contribution in [1.29, 1.82) is 0 Å². The second kappa shape index (κ2) is 9.78. The van der Waals surface area contributed by atoms with Gasteiger partial charge in [0, 0.05) is 30.4 Å². The number of guanidine groups is 1. The molecule has 0 spiro atoms. The zero-order valence-electron chi connectivity index (χ0n) is 14.1. The van der Waals surface area contributed by atoms with Crippen LogP contribution in [0.25, 0.3) is 0 Å². The van der Waals surface area contributed by atoms with E-state index in [0.29, 0.717) is 12.4 Å². The number of hydrogen-bond donors (Lipinski definition) is 2. The number of ether oxygens (including phenoxy) is 1. The van der Waals surface area contributed by atoms with Gasteiger partial charge < -0.3 is 15.4 Å². The number of rotatable bonds is 7. The van der Waals surface area contributed by atoms with E-state index >= 15 is 0 Å². The first kappa shape index (κ1) is 18.1. The molecule has 2 rings (SSSR count). The third-order valence-corrected chi connectivity index (χ3v) is 3.64. The van der Waals surface area contributed by atoms with Crippen molar-refractivity contribution in [1.82, 2.24) is 15.6 Å². The van der Waals surface area contributed by atoms with Gasteiger partial charge in [0.05, 0.1) is 13.7 Å². The highest BCUT2D eigenvalue weighted by atomic mass is 35.5. The fraction of sp³-hybridized carbons (Fsp3) is 0.333. The molecule has 1 heterocycles. The number of hydrogen-bond acceptors (Lipinski definition) is 3. The summed E-state index contributed by atoms with van der Waals surface area (Å²) >= 11 is 5.90. The smallest absolute Gasteiger partial charge is 0.213 e. The summed E-state index contributed by atoms with van der Waals surface area (Å²) in [6, 6.07) is 11.7. The summed E-state index contributed by atoms with van der Waals surface area (Å²) in [6.45, 7) is 4.22. The van der Waals surface area contributed by atoms with Gasteiger partial charge in [-0.05, 0) is 42.7 Å². The van der Waals surface area contributed by atoms with Gasteiger partial charge in [0.1, 0.15) is 0 Å². The van der Waals surface area contributed by atoms with E-state index in [0.717, 1.165) is 36.1 Å². The maximum absolute atomic E-state index is 5.90. The summed E-state index contributed by atoms with van der Waals surface area (Å²) in [4.78, 5) is 8.69. The van der Waals surface area contributed by atoms with E-state index in [4.69, 9.17) is 16.3 Å². The molecule has 1 aromatic heterocycles. The number of methoxy groups -OCH3 is 1. The molecule has 0 saturated heterocycles. The van der Waals surface area contributed by atoms with Gasteiger partial charge in [0.2, 0.25) is 5.88 Å². The number of pyridine rings is 1. The molecule has 0 aliphatic rings. The van der Waals surface area contributed by atoms with Gasteiger partial charge in [0.25, 0.3) is 0 Å². The van der Waals surface area contributed by atoms with Crippen molar-refractivity contribution in [3.05, 3.63) is 58.7 Å². The molecule has 0 fully saturated rings. The standard InChI is InChI=1S/C18H23ClN4O/c1-3-20-18(22-11-8-14-4-6-16(19)7-5-14)23-13-15-9-10-21-17(12-15)24-2/h4-7,9-10,12H,3,8,11,13H2,1-2H3,(H2,20,22,23). The summed E-state index contributed by atoms with van der Waals surface area (Å²) in [5.74, 6) is 1.39. The van der Waals surface area contributed by atoms with E-state index in [1.54, 1.807) is 13.3 Å². The Bertz CT molecular complexity index is 658. The topological polar surface area (TPSA) is 58.5 Å². The van der Waals surface area contributed by atoms with Crippen molar-refractivity contribution >= 4 is 17.6 Å².